The predicted octanol–water partition coefficient (Wildman–Crippen LogP) is 2.38. The molecule has 1 aliphatic carbocycles. The van der Waals surface area contributed by atoms with E-state index in [0.29, 0.717) is 6.61 Å². The van der Waals surface area contributed by atoms with Gasteiger partial charge in [-0.15, -0.1) is 12.4 Å². The SMILES string of the molecule is Cl.OCC12CNCC(c3ccc(Cl)cc3)(C1)C2. The van der Waals surface area contributed by atoms with Gasteiger partial charge in [0.25, 0.3) is 0 Å². The lowest BCUT2D eigenvalue weighted by atomic mass is 9.48. The summed E-state index contributed by atoms with van der Waals surface area (Å²) in [6.45, 7) is 2.28. The number of hydrogen-bond acceptors (Lipinski definition) is 2. The number of nitrogens with one attached hydrogen (secondary N) is 1. The number of aliphatic hydroxyl groups is 1. The quantitative estimate of drug-likeness (QED) is 0.867. The molecule has 2 N–H and O–H groups in total. The molecule has 2 nitrogen and oxygen atoms in total. The molecule has 4 rings (SSSR count). The summed E-state index contributed by atoms with van der Waals surface area (Å²) in [5, 5.41) is 13.7. The van der Waals surface area contributed by atoms with E-state index in [-0.39, 0.29) is 23.2 Å². The van der Waals surface area contributed by atoms with Crippen molar-refractivity contribution in [2.75, 3.05) is 19.7 Å². The molecule has 0 aromatic heterocycles. The van der Waals surface area contributed by atoms with Gasteiger partial charge in [0.2, 0.25) is 0 Å². The van der Waals surface area contributed by atoms with Crippen LogP contribution in [-0.2, 0) is 5.41 Å². The average Bonchev–Trinajstić information content (AvgIpc) is 2.29. The van der Waals surface area contributed by atoms with Gasteiger partial charge in [-0.3, -0.25) is 0 Å². The second-order valence-electron chi connectivity index (χ2n) is 5.40. The Morgan fingerprint density at radius 3 is 2.41 bits per heavy atom. The normalized spacial score (nSPS) is 34.7. The van der Waals surface area contributed by atoms with Crippen molar-refractivity contribution in [3.05, 3.63) is 34.9 Å². The molecule has 1 aromatic carbocycles. The maximum atomic E-state index is 9.43. The molecule has 17 heavy (non-hydrogen) atoms. The fourth-order valence-electron chi connectivity index (χ4n) is 3.48. The molecule has 3 fully saturated rings. The van der Waals surface area contributed by atoms with Crippen LogP contribution in [0.5, 0.6) is 0 Å². The zero-order valence-corrected chi connectivity index (χ0v) is 11.2. The second-order valence-corrected chi connectivity index (χ2v) is 5.84. The molecule has 0 atom stereocenters. The lowest BCUT2D eigenvalue weighted by Gasteiger charge is -2.60. The zero-order valence-electron chi connectivity index (χ0n) is 9.58. The van der Waals surface area contributed by atoms with E-state index in [1.165, 1.54) is 5.56 Å². The van der Waals surface area contributed by atoms with Crippen molar-refractivity contribution in [1.29, 1.82) is 0 Å². The Bertz CT molecular complexity index is 398. The fraction of sp³-hybridized carbons (Fsp3) is 0.538. The number of piperidine rings is 2. The molecule has 1 aromatic rings. The molecule has 94 valence electrons. The Hall–Kier alpha value is -0.280. The summed E-state index contributed by atoms with van der Waals surface area (Å²) in [5.74, 6) is 0. The van der Waals surface area contributed by atoms with Crippen molar-refractivity contribution in [2.45, 2.75) is 18.3 Å². The number of fused-ring (bicyclic) bond motifs is 2. The highest BCUT2D eigenvalue weighted by Crippen LogP contribution is 2.57. The van der Waals surface area contributed by atoms with E-state index in [9.17, 15) is 5.11 Å². The maximum Gasteiger partial charge on any atom is 0.0500 e. The van der Waals surface area contributed by atoms with Gasteiger partial charge in [-0.05, 0) is 30.5 Å². The number of aliphatic hydroxyl groups excluding tert-OH is 1. The van der Waals surface area contributed by atoms with E-state index < -0.39 is 0 Å². The maximum absolute atomic E-state index is 9.43. The molecule has 0 radical (unpaired) electrons. The topological polar surface area (TPSA) is 32.3 Å². The molecule has 2 aliphatic heterocycles. The molecular weight excluding hydrogens is 257 g/mol. The smallest absolute Gasteiger partial charge is 0.0500 e. The average molecular weight is 274 g/mol. The first kappa shape index (κ1) is 13.2. The van der Waals surface area contributed by atoms with Crippen LogP contribution in [0.15, 0.2) is 24.3 Å². The summed E-state index contributed by atoms with van der Waals surface area (Å²) >= 11 is 5.91. The van der Waals surface area contributed by atoms with E-state index in [4.69, 9.17) is 11.6 Å². The van der Waals surface area contributed by atoms with Crippen LogP contribution in [-0.4, -0.2) is 24.8 Å². The Morgan fingerprint density at radius 1 is 1.18 bits per heavy atom. The molecule has 1 saturated carbocycles. The minimum atomic E-state index is 0. The van der Waals surface area contributed by atoms with Gasteiger partial charge in [0.1, 0.15) is 0 Å². The molecule has 2 saturated heterocycles. The third-order valence-corrected chi connectivity index (χ3v) is 4.43. The third kappa shape index (κ3) is 1.97. The Kier molecular flexibility index (Phi) is 3.43. The van der Waals surface area contributed by atoms with Crippen LogP contribution >= 0.6 is 24.0 Å². The van der Waals surface area contributed by atoms with Gasteiger partial charge in [-0.1, -0.05) is 23.7 Å². The van der Waals surface area contributed by atoms with Crippen molar-refractivity contribution in [1.82, 2.24) is 5.32 Å². The summed E-state index contributed by atoms with van der Waals surface area (Å²) in [7, 11) is 0. The van der Waals surface area contributed by atoms with Crippen molar-refractivity contribution >= 4 is 24.0 Å². The van der Waals surface area contributed by atoms with Gasteiger partial charge in [-0.25, -0.2) is 0 Å². The Labute approximate surface area is 113 Å². The van der Waals surface area contributed by atoms with E-state index in [0.717, 1.165) is 31.0 Å². The first-order valence-electron chi connectivity index (χ1n) is 5.76. The summed E-state index contributed by atoms with van der Waals surface area (Å²) in [6.07, 6.45) is 2.20. The summed E-state index contributed by atoms with van der Waals surface area (Å²) < 4.78 is 0. The Morgan fingerprint density at radius 2 is 1.82 bits per heavy atom. The molecule has 0 unspecified atom stereocenters. The van der Waals surface area contributed by atoms with Crippen molar-refractivity contribution in [2.24, 2.45) is 5.41 Å². The number of hydrogen-bond donors (Lipinski definition) is 2. The van der Waals surface area contributed by atoms with Crippen LogP contribution in [0.3, 0.4) is 0 Å². The van der Waals surface area contributed by atoms with Gasteiger partial charge < -0.3 is 10.4 Å². The first-order valence-corrected chi connectivity index (χ1v) is 6.14. The van der Waals surface area contributed by atoms with Gasteiger partial charge in [0.15, 0.2) is 0 Å². The number of benzene rings is 1. The number of rotatable bonds is 2. The summed E-state index contributed by atoms with van der Waals surface area (Å²) in [5.41, 5.74) is 1.73. The highest BCUT2D eigenvalue weighted by Gasteiger charge is 2.57. The largest absolute Gasteiger partial charge is 0.396 e. The van der Waals surface area contributed by atoms with Gasteiger partial charge in [-0.2, -0.15) is 0 Å². The minimum absolute atomic E-state index is 0. The van der Waals surface area contributed by atoms with Crippen molar-refractivity contribution in [3.8, 4) is 0 Å². The Balaban J connectivity index is 0.00000108. The second kappa shape index (κ2) is 4.43. The molecule has 0 spiro atoms. The highest BCUT2D eigenvalue weighted by molar-refractivity contribution is 6.30. The first-order chi connectivity index (χ1) is 7.68. The molecular formula is C13H17Cl2NO. The molecule has 2 heterocycles. The lowest BCUT2D eigenvalue weighted by molar-refractivity contribution is -0.0582. The van der Waals surface area contributed by atoms with Crippen LogP contribution in [0.1, 0.15) is 18.4 Å². The zero-order chi connectivity index (χ0) is 11.2. The molecule has 2 bridgehead atoms. The van der Waals surface area contributed by atoms with Crippen LogP contribution in [0.25, 0.3) is 0 Å². The van der Waals surface area contributed by atoms with E-state index in [2.05, 4.69) is 17.4 Å². The predicted molar refractivity (Wildman–Crippen MR) is 72.0 cm³/mol. The van der Waals surface area contributed by atoms with Gasteiger partial charge in [0.05, 0.1) is 0 Å². The van der Waals surface area contributed by atoms with Crippen LogP contribution in [0.4, 0.5) is 0 Å². The summed E-state index contributed by atoms with van der Waals surface area (Å²) in [4.78, 5) is 0. The van der Waals surface area contributed by atoms with Crippen molar-refractivity contribution < 1.29 is 5.11 Å². The molecule has 4 heteroatoms. The van der Waals surface area contributed by atoms with Crippen molar-refractivity contribution in [3.63, 3.8) is 0 Å². The minimum Gasteiger partial charge on any atom is -0.396 e. The standard InChI is InChI=1S/C13H16ClNO.ClH/c14-11-3-1-10(2-4-11)13-5-12(6-13,9-16)7-15-8-13;/h1-4,15-16H,5-9H2;1H. The molecule has 3 aliphatic rings. The van der Waals surface area contributed by atoms with Crippen LogP contribution in [0.2, 0.25) is 5.02 Å². The van der Waals surface area contributed by atoms with E-state index in [1.807, 2.05) is 12.1 Å². The van der Waals surface area contributed by atoms with E-state index in [1.54, 1.807) is 0 Å². The highest BCUT2D eigenvalue weighted by atomic mass is 35.5. The van der Waals surface area contributed by atoms with Gasteiger partial charge >= 0.3 is 0 Å². The lowest BCUT2D eigenvalue weighted by Crippen LogP contribution is -2.65. The van der Waals surface area contributed by atoms with Gasteiger partial charge in [0, 0.05) is 35.5 Å². The number of halogens is 2. The van der Waals surface area contributed by atoms with Crippen LogP contribution in [0, 0.1) is 5.41 Å². The third-order valence-electron chi connectivity index (χ3n) is 4.18. The monoisotopic (exact) mass is 273 g/mol. The summed E-state index contributed by atoms with van der Waals surface area (Å²) in [6, 6.07) is 8.16. The molecule has 0 amide bonds. The van der Waals surface area contributed by atoms with Crippen LogP contribution < -0.4 is 5.32 Å². The van der Waals surface area contributed by atoms with E-state index >= 15 is 0 Å². The fourth-order valence-corrected chi connectivity index (χ4v) is 3.60.